The zero-order valence-corrected chi connectivity index (χ0v) is 9.69. The summed E-state index contributed by atoms with van der Waals surface area (Å²) < 4.78 is 0. The van der Waals surface area contributed by atoms with Gasteiger partial charge in [-0.1, -0.05) is 13.8 Å². The van der Waals surface area contributed by atoms with Gasteiger partial charge in [-0.25, -0.2) is 0 Å². The Morgan fingerprint density at radius 1 is 1.33 bits per heavy atom. The summed E-state index contributed by atoms with van der Waals surface area (Å²) in [6.07, 6.45) is 0.619. The quantitative estimate of drug-likeness (QED) is 0.637. The van der Waals surface area contributed by atoms with Crippen molar-refractivity contribution >= 4 is 11.8 Å². The summed E-state index contributed by atoms with van der Waals surface area (Å²) in [5.74, 6) is -0.358. The van der Waals surface area contributed by atoms with E-state index in [9.17, 15) is 9.59 Å². The smallest absolute Gasteiger partial charge is 0.239 e. The minimum Gasteiger partial charge on any atom is -0.368 e. The molecule has 0 aliphatic heterocycles. The number of carbonyl (C=O) groups is 2. The van der Waals surface area contributed by atoms with Crippen molar-refractivity contribution in [2.75, 3.05) is 13.1 Å². The molecule has 5 heteroatoms. The van der Waals surface area contributed by atoms with Crippen LogP contribution in [0.25, 0.3) is 0 Å². The Balaban J connectivity index is 4.30. The average Bonchev–Trinajstić information content (AvgIpc) is 2.11. The van der Waals surface area contributed by atoms with E-state index in [4.69, 9.17) is 11.5 Å². The van der Waals surface area contributed by atoms with E-state index in [1.165, 1.54) is 4.90 Å². The summed E-state index contributed by atoms with van der Waals surface area (Å²) in [7, 11) is 0. The largest absolute Gasteiger partial charge is 0.368 e. The Hall–Kier alpha value is -1.10. The molecule has 0 saturated carbocycles. The van der Waals surface area contributed by atoms with Crippen LogP contribution in [-0.2, 0) is 9.59 Å². The summed E-state index contributed by atoms with van der Waals surface area (Å²) in [6.45, 7) is 6.19. The molecule has 0 aliphatic rings. The molecule has 2 amide bonds. The van der Waals surface area contributed by atoms with Crippen LogP contribution in [0.3, 0.4) is 0 Å². The SMILES string of the molecule is CCN(CC(N)=O)C(=O)C(N)CC(C)C. The number of likely N-dealkylation sites (N-methyl/N-ethyl adjacent to an activating group) is 1. The van der Waals surface area contributed by atoms with Crippen molar-refractivity contribution in [1.82, 2.24) is 4.90 Å². The van der Waals surface area contributed by atoms with Crippen molar-refractivity contribution in [3.63, 3.8) is 0 Å². The maximum atomic E-state index is 11.7. The Bertz CT molecular complexity index is 229. The average molecular weight is 215 g/mol. The van der Waals surface area contributed by atoms with Gasteiger partial charge in [-0.15, -0.1) is 0 Å². The number of amides is 2. The van der Waals surface area contributed by atoms with Gasteiger partial charge in [-0.3, -0.25) is 9.59 Å². The van der Waals surface area contributed by atoms with Crippen LogP contribution in [0.15, 0.2) is 0 Å². The van der Waals surface area contributed by atoms with E-state index in [0.29, 0.717) is 18.9 Å². The predicted octanol–water partition coefficient (Wildman–Crippen LogP) is -0.306. The highest BCUT2D eigenvalue weighted by Crippen LogP contribution is 2.05. The van der Waals surface area contributed by atoms with Gasteiger partial charge < -0.3 is 16.4 Å². The number of nitrogens with zero attached hydrogens (tertiary/aromatic N) is 1. The zero-order valence-electron chi connectivity index (χ0n) is 9.69. The third-order valence-electron chi connectivity index (χ3n) is 2.08. The summed E-state index contributed by atoms with van der Waals surface area (Å²) in [6, 6.07) is -0.538. The number of carbonyl (C=O) groups excluding carboxylic acids is 2. The molecule has 0 bridgehead atoms. The Morgan fingerprint density at radius 3 is 2.20 bits per heavy atom. The molecule has 0 aromatic heterocycles. The highest BCUT2D eigenvalue weighted by atomic mass is 16.2. The molecule has 0 spiro atoms. The predicted molar refractivity (Wildman–Crippen MR) is 58.9 cm³/mol. The van der Waals surface area contributed by atoms with Crippen molar-refractivity contribution in [1.29, 1.82) is 0 Å². The molecule has 15 heavy (non-hydrogen) atoms. The fraction of sp³-hybridized carbons (Fsp3) is 0.800. The Labute approximate surface area is 90.8 Å². The molecule has 5 nitrogen and oxygen atoms in total. The third kappa shape index (κ3) is 5.37. The highest BCUT2D eigenvalue weighted by molar-refractivity contribution is 5.86. The van der Waals surface area contributed by atoms with Crippen LogP contribution in [0.1, 0.15) is 27.2 Å². The highest BCUT2D eigenvalue weighted by Gasteiger charge is 2.21. The first-order valence-electron chi connectivity index (χ1n) is 5.21. The summed E-state index contributed by atoms with van der Waals surface area (Å²) in [4.78, 5) is 23.8. The minimum absolute atomic E-state index is 0.0544. The molecule has 0 aromatic rings. The monoisotopic (exact) mass is 215 g/mol. The molecule has 0 aromatic carbocycles. The van der Waals surface area contributed by atoms with Crippen LogP contribution in [0.4, 0.5) is 0 Å². The number of hydrogen-bond acceptors (Lipinski definition) is 3. The second-order valence-electron chi connectivity index (χ2n) is 4.05. The molecular formula is C10H21N3O2. The molecule has 1 atom stereocenters. The lowest BCUT2D eigenvalue weighted by atomic mass is 10.0. The number of nitrogens with two attached hydrogens (primary N) is 2. The molecule has 0 rings (SSSR count). The molecule has 0 fully saturated rings. The van der Waals surface area contributed by atoms with Gasteiger partial charge in [0.15, 0.2) is 0 Å². The zero-order chi connectivity index (χ0) is 12.0. The Kier molecular flexibility index (Phi) is 5.93. The summed E-state index contributed by atoms with van der Waals surface area (Å²) in [5.41, 5.74) is 10.8. The molecule has 0 aliphatic carbocycles. The number of primary amides is 1. The first-order valence-corrected chi connectivity index (χ1v) is 5.21. The van der Waals surface area contributed by atoms with Gasteiger partial charge in [-0.05, 0) is 19.3 Å². The summed E-state index contributed by atoms with van der Waals surface area (Å²) in [5, 5.41) is 0. The van der Waals surface area contributed by atoms with Crippen molar-refractivity contribution in [3.8, 4) is 0 Å². The molecule has 1 unspecified atom stereocenters. The van der Waals surface area contributed by atoms with Crippen LogP contribution in [-0.4, -0.2) is 35.8 Å². The van der Waals surface area contributed by atoms with Gasteiger partial charge in [0.2, 0.25) is 11.8 Å². The van der Waals surface area contributed by atoms with Crippen LogP contribution >= 0.6 is 0 Å². The lowest BCUT2D eigenvalue weighted by Crippen LogP contribution is -2.47. The fourth-order valence-electron chi connectivity index (χ4n) is 1.38. The fourth-order valence-corrected chi connectivity index (χ4v) is 1.38. The van der Waals surface area contributed by atoms with Crippen LogP contribution < -0.4 is 11.5 Å². The van der Waals surface area contributed by atoms with E-state index in [-0.39, 0.29) is 12.5 Å². The Morgan fingerprint density at radius 2 is 1.87 bits per heavy atom. The van der Waals surface area contributed by atoms with Gasteiger partial charge >= 0.3 is 0 Å². The van der Waals surface area contributed by atoms with Gasteiger partial charge in [0.1, 0.15) is 0 Å². The molecule has 0 saturated heterocycles. The van der Waals surface area contributed by atoms with Crippen molar-refractivity contribution in [3.05, 3.63) is 0 Å². The van der Waals surface area contributed by atoms with E-state index in [1.54, 1.807) is 6.92 Å². The van der Waals surface area contributed by atoms with Crippen molar-refractivity contribution in [2.24, 2.45) is 17.4 Å². The van der Waals surface area contributed by atoms with Gasteiger partial charge in [0.25, 0.3) is 0 Å². The summed E-state index contributed by atoms with van der Waals surface area (Å²) >= 11 is 0. The number of hydrogen-bond donors (Lipinski definition) is 2. The minimum atomic E-state index is -0.538. The number of rotatable bonds is 6. The van der Waals surface area contributed by atoms with Gasteiger partial charge in [0.05, 0.1) is 12.6 Å². The standard InChI is InChI=1S/C10H21N3O2/c1-4-13(6-9(12)14)10(15)8(11)5-7(2)3/h7-8H,4-6,11H2,1-3H3,(H2,12,14). The molecule has 88 valence electrons. The molecule has 4 N–H and O–H groups in total. The maximum Gasteiger partial charge on any atom is 0.239 e. The maximum absolute atomic E-state index is 11.7. The van der Waals surface area contributed by atoms with E-state index < -0.39 is 11.9 Å². The molecular weight excluding hydrogens is 194 g/mol. The van der Waals surface area contributed by atoms with Crippen molar-refractivity contribution in [2.45, 2.75) is 33.2 Å². The lowest BCUT2D eigenvalue weighted by Gasteiger charge is -2.23. The van der Waals surface area contributed by atoms with E-state index in [1.807, 2.05) is 13.8 Å². The van der Waals surface area contributed by atoms with Crippen LogP contribution in [0.2, 0.25) is 0 Å². The van der Waals surface area contributed by atoms with Gasteiger partial charge in [-0.2, -0.15) is 0 Å². The normalized spacial score (nSPS) is 12.6. The van der Waals surface area contributed by atoms with Gasteiger partial charge in [0, 0.05) is 6.54 Å². The van der Waals surface area contributed by atoms with E-state index >= 15 is 0 Å². The van der Waals surface area contributed by atoms with Crippen LogP contribution in [0, 0.1) is 5.92 Å². The first-order chi connectivity index (χ1) is 6.88. The lowest BCUT2D eigenvalue weighted by molar-refractivity contribution is -0.136. The van der Waals surface area contributed by atoms with E-state index in [0.717, 1.165) is 0 Å². The third-order valence-corrected chi connectivity index (χ3v) is 2.08. The first kappa shape index (κ1) is 13.9. The second kappa shape index (κ2) is 6.40. The topological polar surface area (TPSA) is 89.4 Å². The van der Waals surface area contributed by atoms with Crippen molar-refractivity contribution < 1.29 is 9.59 Å². The van der Waals surface area contributed by atoms with E-state index in [2.05, 4.69) is 0 Å². The van der Waals surface area contributed by atoms with Crippen LogP contribution in [0.5, 0.6) is 0 Å². The molecule has 0 radical (unpaired) electrons. The second-order valence-corrected chi connectivity index (χ2v) is 4.05. The molecule has 0 heterocycles.